The van der Waals surface area contributed by atoms with Crippen molar-refractivity contribution in [3.8, 4) is 0 Å². The Hall–Kier alpha value is -1.16. The highest BCUT2D eigenvalue weighted by molar-refractivity contribution is 6.00. The van der Waals surface area contributed by atoms with E-state index in [0.29, 0.717) is 11.8 Å². The van der Waals surface area contributed by atoms with Gasteiger partial charge in [0.05, 0.1) is 24.5 Å². The smallest absolute Gasteiger partial charge is 0.170 e. The number of hydrogen-bond donors (Lipinski definition) is 0. The lowest BCUT2D eigenvalue weighted by molar-refractivity contribution is 0.0893. The molecule has 2 fully saturated rings. The molecule has 1 aromatic heterocycles. The van der Waals surface area contributed by atoms with Crippen LogP contribution in [-0.4, -0.2) is 28.8 Å². The van der Waals surface area contributed by atoms with E-state index >= 15 is 0 Å². The van der Waals surface area contributed by atoms with Crippen molar-refractivity contribution >= 4 is 5.78 Å². The van der Waals surface area contributed by atoms with Gasteiger partial charge < -0.3 is 4.74 Å². The van der Waals surface area contributed by atoms with Gasteiger partial charge in [0.15, 0.2) is 5.78 Å². The minimum absolute atomic E-state index is 0.210. The summed E-state index contributed by atoms with van der Waals surface area (Å²) in [4.78, 5) is 12.1. The number of ether oxygens (including phenoxy) is 1. The molecule has 2 heterocycles. The summed E-state index contributed by atoms with van der Waals surface area (Å²) in [5.74, 6) is 1.44. The number of aromatic nitrogens is 2. The molecule has 0 amide bonds. The molecule has 0 spiro atoms. The molecular weight excluding hydrogens is 192 g/mol. The maximum atomic E-state index is 12.1. The lowest BCUT2D eigenvalue weighted by atomic mass is 10.1. The Morgan fingerprint density at radius 3 is 2.73 bits per heavy atom. The number of carbonyl (C=O) groups is 1. The second-order valence-electron chi connectivity index (χ2n) is 4.56. The number of hydrogen-bond acceptors (Lipinski definition) is 3. The second kappa shape index (κ2) is 2.92. The quantitative estimate of drug-likeness (QED) is 0.672. The summed E-state index contributed by atoms with van der Waals surface area (Å²) >= 11 is 0. The van der Waals surface area contributed by atoms with Crippen molar-refractivity contribution in [3.05, 3.63) is 17.5 Å². The molecule has 2 atom stereocenters. The topological polar surface area (TPSA) is 44.1 Å². The van der Waals surface area contributed by atoms with Crippen molar-refractivity contribution < 1.29 is 9.53 Å². The van der Waals surface area contributed by atoms with E-state index < -0.39 is 0 Å². The molecule has 2 unspecified atom stereocenters. The standard InChI is InChI=1S/C11H14N2O2/c1-6-7(3-13(2)12-6)11(14)10-8-4-15-5-9(8)10/h3,8-10H,4-5H2,1-2H3. The Morgan fingerprint density at radius 2 is 2.20 bits per heavy atom. The van der Waals surface area contributed by atoms with E-state index in [4.69, 9.17) is 4.74 Å². The van der Waals surface area contributed by atoms with Crippen LogP contribution in [0.3, 0.4) is 0 Å². The summed E-state index contributed by atoms with van der Waals surface area (Å²) in [5, 5.41) is 4.20. The maximum Gasteiger partial charge on any atom is 0.170 e. The number of fused-ring (bicyclic) bond motifs is 1. The van der Waals surface area contributed by atoms with Gasteiger partial charge in [-0.1, -0.05) is 0 Å². The summed E-state index contributed by atoms with van der Waals surface area (Å²) in [6, 6.07) is 0. The fraction of sp³-hybridized carbons (Fsp3) is 0.636. The molecule has 3 rings (SSSR count). The van der Waals surface area contributed by atoms with Crippen LogP contribution in [0.5, 0.6) is 0 Å². The third-order valence-electron chi connectivity index (χ3n) is 3.53. The Kier molecular flexibility index (Phi) is 1.77. The van der Waals surface area contributed by atoms with E-state index in [1.54, 1.807) is 4.68 Å². The minimum atomic E-state index is 0.210. The van der Waals surface area contributed by atoms with Crippen LogP contribution in [0.1, 0.15) is 16.1 Å². The van der Waals surface area contributed by atoms with Gasteiger partial charge in [0, 0.05) is 19.2 Å². The average molecular weight is 206 g/mol. The summed E-state index contributed by atoms with van der Waals surface area (Å²) in [6.45, 7) is 3.42. The highest BCUT2D eigenvalue weighted by atomic mass is 16.5. The van der Waals surface area contributed by atoms with Crippen LogP contribution in [-0.2, 0) is 11.8 Å². The molecule has 0 N–H and O–H groups in total. The van der Waals surface area contributed by atoms with Crippen molar-refractivity contribution in [1.82, 2.24) is 9.78 Å². The SMILES string of the molecule is Cc1nn(C)cc1C(=O)C1C2COCC21. The van der Waals surface area contributed by atoms with Gasteiger partial charge in [-0.15, -0.1) is 0 Å². The van der Waals surface area contributed by atoms with Crippen molar-refractivity contribution in [3.63, 3.8) is 0 Å². The van der Waals surface area contributed by atoms with Gasteiger partial charge in [0.2, 0.25) is 0 Å². The first-order valence-corrected chi connectivity index (χ1v) is 5.30. The molecule has 1 aliphatic carbocycles. The Balaban J connectivity index is 1.84. The van der Waals surface area contributed by atoms with Gasteiger partial charge in [0.25, 0.3) is 0 Å². The zero-order valence-electron chi connectivity index (χ0n) is 8.93. The van der Waals surface area contributed by atoms with E-state index in [1.807, 2.05) is 20.2 Å². The Morgan fingerprint density at radius 1 is 1.53 bits per heavy atom. The number of aryl methyl sites for hydroxylation is 2. The predicted molar refractivity (Wildman–Crippen MR) is 53.6 cm³/mol. The molecule has 2 aliphatic rings. The normalized spacial score (nSPS) is 32.8. The highest BCUT2D eigenvalue weighted by Gasteiger charge is 2.58. The van der Waals surface area contributed by atoms with Gasteiger partial charge in [-0.3, -0.25) is 9.48 Å². The van der Waals surface area contributed by atoms with E-state index in [1.165, 1.54) is 0 Å². The van der Waals surface area contributed by atoms with Crippen LogP contribution in [0.4, 0.5) is 0 Å². The number of Topliss-reactive ketones (excluding diaryl/α,β-unsaturated/α-hetero) is 1. The van der Waals surface area contributed by atoms with Gasteiger partial charge in [0.1, 0.15) is 0 Å². The average Bonchev–Trinajstić information content (AvgIpc) is 2.58. The molecule has 1 saturated heterocycles. The Labute approximate surface area is 88.2 Å². The molecular formula is C11H14N2O2. The molecule has 80 valence electrons. The zero-order valence-corrected chi connectivity index (χ0v) is 8.93. The second-order valence-corrected chi connectivity index (χ2v) is 4.56. The Bertz CT molecular complexity index is 414. The van der Waals surface area contributed by atoms with Gasteiger partial charge in [-0.25, -0.2) is 0 Å². The van der Waals surface area contributed by atoms with Crippen LogP contribution < -0.4 is 0 Å². The molecule has 0 bridgehead atoms. The van der Waals surface area contributed by atoms with Crippen LogP contribution in [0.2, 0.25) is 0 Å². The van der Waals surface area contributed by atoms with Crippen molar-refractivity contribution in [2.24, 2.45) is 24.8 Å². The monoisotopic (exact) mass is 206 g/mol. The molecule has 0 radical (unpaired) electrons. The fourth-order valence-corrected chi connectivity index (χ4v) is 2.65. The molecule has 4 heteroatoms. The van der Waals surface area contributed by atoms with Gasteiger partial charge >= 0.3 is 0 Å². The highest BCUT2D eigenvalue weighted by Crippen LogP contribution is 2.52. The summed E-state index contributed by atoms with van der Waals surface area (Å²) < 4.78 is 6.99. The molecule has 4 nitrogen and oxygen atoms in total. The number of carbonyl (C=O) groups excluding carboxylic acids is 1. The molecule has 1 aliphatic heterocycles. The molecule has 15 heavy (non-hydrogen) atoms. The van der Waals surface area contributed by atoms with Crippen molar-refractivity contribution in [1.29, 1.82) is 0 Å². The minimum Gasteiger partial charge on any atom is -0.381 e. The fourth-order valence-electron chi connectivity index (χ4n) is 2.65. The van der Waals surface area contributed by atoms with Crippen LogP contribution in [0.15, 0.2) is 6.20 Å². The lowest BCUT2D eigenvalue weighted by Gasteiger charge is -2.01. The number of nitrogens with zero attached hydrogens (tertiary/aromatic N) is 2. The summed E-state index contributed by atoms with van der Waals surface area (Å²) in [6.07, 6.45) is 1.83. The number of rotatable bonds is 2. The first-order valence-electron chi connectivity index (χ1n) is 5.30. The molecule has 1 saturated carbocycles. The first-order chi connectivity index (χ1) is 7.18. The zero-order chi connectivity index (χ0) is 10.6. The summed E-state index contributed by atoms with van der Waals surface area (Å²) in [7, 11) is 1.85. The summed E-state index contributed by atoms with van der Waals surface area (Å²) in [5.41, 5.74) is 1.63. The van der Waals surface area contributed by atoms with E-state index in [9.17, 15) is 4.79 Å². The third kappa shape index (κ3) is 1.24. The van der Waals surface area contributed by atoms with E-state index in [-0.39, 0.29) is 11.7 Å². The molecule has 0 aromatic carbocycles. The van der Waals surface area contributed by atoms with Gasteiger partial charge in [-0.05, 0) is 18.8 Å². The molecule has 1 aromatic rings. The van der Waals surface area contributed by atoms with E-state index in [2.05, 4.69) is 5.10 Å². The maximum absolute atomic E-state index is 12.1. The third-order valence-corrected chi connectivity index (χ3v) is 3.53. The van der Waals surface area contributed by atoms with E-state index in [0.717, 1.165) is 24.5 Å². The predicted octanol–water partition coefficient (Wildman–Crippen LogP) is 0.804. The van der Waals surface area contributed by atoms with Gasteiger partial charge in [-0.2, -0.15) is 5.10 Å². The first kappa shape index (κ1) is 9.09. The number of ketones is 1. The lowest BCUT2D eigenvalue weighted by Crippen LogP contribution is -2.10. The van der Waals surface area contributed by atoms with Crippen molar-refractivity contribution in [2.45, 2.75) is 6.92 Å². The van der Waals surface area contributed by atoms with Crippen molar-refractivity contribution in [2.75, 3.05) is 13.2 Å². The van der Waals surface area contributed by atoms with Crippen LogP contribution in [0.25, 0.3) is 0 Å². The van der Waals surface area contributed by atoms with Crippen LogP contribution in [0, 0.1) is 24.7 Å². The largest absolute Gasteiger partial charge is 0.381 e. The van der Waals surface area contributed by atoms with Crippen LogP contribution >= 0.6 is 0 Å².